The zero-order valence-electron chi connectivity index (χ0n) is 15.7. The molecule has 0 saturated carbocycles. The normalized spacial score (nSPS) is 13.4. The van der Waals surface area contributed by atoms with Crippen molar-refractivity contribution < 1.29 is 18.9 Å². The smallest absolute Gasteiger partial charge is 0.381 e. The molecule has 2 N–H and O–H groups in total. The molecule has 1 unspecified atom stereocenters. The van der Waals surface area contributed by atoms with Gasteiger partial charge in [-0.3, -0.25) is 0 Å². The van der Waals surface area contributed by atoms with Crippen LogP contribution in [0.3, 0.4) is 0 Å². The topological polar surface area (TPSA) is 67.8 Å². The van der Waals surface area contributed by atoms with Crippen molar-refractivity contribution in [1.29, 1.82) is 0 Å². The van der Waals surface area contributed by atoms with Crippen molar-refractivity contribution in [3.8, 4) is 0 Å². The zero-order chi connectivity index (χ0) is 17.8. The van der Waals surface area contributed by atoms with Gasteiger partial charge < -0.3 is 9.47 Å². The summed E-state index contributed by atoms with van der Waals surface area (Å²) >= 11 is 0. The Balaban J connectivity index is 3.35. The van der Waals surface area contributed by atoms with Crippen molar-refractivity contribution in [3.63, 3.8) is 0 Å². The third-order valence-electron chi connectivity index (χ3n) is 3.63. The summed E-state index contributed by atoms with van der Waals surface area (Å²) in [5, 5.41) is 2.59. The van der Waals surface area contributed by atoms with E-state index in [0.717, 1.165) is 52.1 Å². The van der Waals surface area contributed by atoms with E-state index in [2.05, 4.69) is 39.7 Å². The Morgan fingerprint density at radius 2 is 1.35 bits per heavy atom. The lowest BCUT2D eigenvalue weighted by atomic mass is 9.88. The minimum Gasteiger partial charge on any atom is -0.381 e. The van der Waals surface area contributed by atoms with Gasteiger partial charge in [-0.1, -0.05) is 39.7 Å². The zero-order valence-corrected chi connectivity index (χ0v) is 16.6. The number of hydrogen-bond acceptors (Lipinski definition) is 3. The van der Waals surface area contributed by atoms with E-state index >= 15 is 0 Å². The van der Waals surface area contributed by atoms with Gasteiger partial charge in [0.05, 0.1) is 0 Å². The quantitative estimate of drug-likeness (QED) is 0.361. The van der Waals surface area contributed by atoms with Crippen LogP contribution in [0.2, 0.25) is 0 Å². The molecule has 0 rings (SSSR count). The fourth-order valence-electron chi connectivity index (χ4n) is 2.19. The van der Waals surface area contributed by atoms with Gasteiger partial charge in [0.25, 0.3) is 0 Å². The van der Waals surface area contributed by atoms with E-state index in [1.165, 1.54) is 6.42 Å². The minimum absolute atomic E-state index is 0.00719. The highest BCUT2D eigenvalue weighted by Crippen LogP contribution is 2.23. The number of hydrogen-bond donors (Lipinski definition) is 2. The Hall–Kier alpha value is -0.0600. The molecule has 0 aromatic heterocycles. The molecule has 0 bridgehead atoms. The van der Waals surface area contributed by atoms with E-state index in [9.17, 15) is 4.57 Å². The first kappa shape index (κ1) is 22.9. The average Bonchev–Trinajstić information content (AvgIpc) is 2.41. The van der Waals surface area contributed by atoms with E-state index < -0.39 is 8.18 Å². The molecule has 138 valence electrons. The van der Waals surface area contributed by atoms with E-state index in [0.29, 0.717) is 12.0 Å². The molecule has 0 amide bonds. The predicted octanol–water partition coefficient (Wildman–Crippen LogP) is 4.28. The Morgan fingerprint density at radius 3 is 1.83 bits per heavy atom. The summed E-state index contributed by atoms with van der Waals surface area (Å²) in [4.78, 5) is 8.76. The summed E-state index contributed by atoms with van der Waals surface area (Å²) in [6.45, 7) is 14.6. The number of rotatable bonds is 14. The van der Waals surface area contributed by atoms with Gasteiger partial charge in [0.2, 0.25) is 0 Å². The molecule has 0 spiro atoms. The first-order valence-electron chi connectivity index (χ1n) is 8.68. The van der Waals surface area contributed by atoms with Crippen LogP contribution in [0.5, 0.6) is 0 Å². The highest BCUT2D eigenvalue weighted by atomic mass is 31.1. The van der Waals surface area contributed by atoms with Crippen LogP contribution in [0.4, 0.5) is 0 Å². The molecule has 0 aromatic carbocycles. The summed E-state index contributed by atoms with van der Waals surface area (Å²) < 4.78 is 21.9. The molecule has 0 aliphatic rings. The molecule has 0 aliphatic heterocycles. The maximum absolute atomic E-state index is 10.6. The highest BCUT2D eigenvalue weighted by Gasteiger charge is 2.22. The lowest BCUT2D eigenvalue weighted by Gasteiger charge is -2.21. The second-order valence-corrected chi connectivity index (χ2v) is 8.98. The van der Waals surface area contributed by atoms with Gasteiger partial charge >= 0.3 is 8.18 Å². The summed E-state index contributed by atoms with van der Waals surface area (Å²) in [6, 6.07) is 0. The Bertz CT molecular complexity index is 316. The molecular formula is C17H37NO4P+. The third-order valence-corrected chi connectivity index (χ3v) is 4.06. The van der Waals surface area contributed by atoms with Crippen LogP contribution in [0.15, 0.2) is 0 Å². The molecule has 0 aromatic rings. The molecule has 0 heterocycles. The van der Waals surface area contributed by atoms with Crippen LogP contribution in [0.25, 0.3) is 0 Å². The Kier molecular flexibility index (Phi) is 12.3. The molecule has 23 heavy (non-hydrogen) atoms. The largest absolute Gasteiger partial charge is 0.610 e. The van der Waals surface area contributed by atoms with Gasteiger partial charge in [0, 0.05) is 33.0 Å². The van der Waals surface area contributed by atoms with Crippen molar-refractivity contribution in [1.82, 2.24) is 5.09 Å². The van der Waals surface area contributed by atoms with Gasteiger partial charge in [-0.25, -0.2) is 0 Å². The van der Waals surface area contributed by atoms with Crippen LogP contribution in [0.1, 0.15) is 66.7 Å². The first-order chi connectivity index (χ1) is 10.6. The molecule has 0 saturated heterocycles. The summed E-state index contributed by atoms with van der Waals surface area (Å²) in [5.74, 6) is 0. The minimum atomic E-state index is -2.25. The van der Waals surface area contributed by atoms with Gasteiger partial charge in [0.15, 0.2) is 0 Å². The van der Waals surface area contributed by atoms with Gasteiger partial charge in [0.1, 0.15) is 0 Å². The van der Waals surface area contributed by atoms with Crippen molar-refractivity contribution in [2.24, 2.45) is 10.8 Å². The van der Waals surface area contributed by atoms with Crippen LogP contribution >= 0.6 is 8.18 Å². The van der Waals surface area contributed by atoms with E-state index in [1.807, 2.05) is 0 Å². The second-order valence-electron chi connectivity index (χ2n) is 8.12. The van der Waals surface area contributed by atoms with Gasteiger partial charge in [-0.05, 0) is 47.5 Å². The van der Waals surface area contributed by atoms with Gasteiger partial charge in [-0.2, -0.15) is 0 Å². The molecule has 6 heteroatoms. The summed E-state index contributed by atoms with van der Waals surface area (Å²) in [7, 11) is -2.25. The molecule has 0 radical (unpaired) electrons. The van der Waals surface area contributed by atoms with Crippen molar-refractivity contribution >= 4 is 8.18 Å². The van der Waals surface area contributed by atoms with E-state index in [4.69, 9.17) is 14.4 Å². The first-order valence-corrected chi connectivity index (χ1v) is 9.89. The van der Waals surface area contributed by atoms with Crippen molar-refractivity contribution in [2.45, 2.75) is 66.7 Å². The van der Waals surface area contributed by atoms with E-state index in [-0.39, 0.29) is 5.41 Å². The molecule has 0 fully saturated rings. The molecule has 0 aliphatic carbocycles. The van der Waals surface area contributed by atoms with Crippen LogP contribution in [-0.2, 0) is 14.0 Å². The number of ether oxygens (including phenoxy) is 2. The third kappa shape index (κ3) is 18.1. The lowest BCUT2D eigenvalue weighted by Crippen LogP contribution is -2.25. The van der Waals surface area contributed by atoms with E-state index in [1.54, 1.807) is 0 Å². The standard InChI is InChI=1S/C17H36NO4P/c1-16(2,3)9-6-11-21-13-8-14-22-12-7-10-17(4,5)15-18-23(19)20/h6-15H2,1-5H3,(H-,18,19,20)/p+1. The monoisotopic (exact) mass is 350 g/mol. The molecule has 5 nitrogen and oxygen atoms in total. The Labute approximate surface area is 143 Å². The van der Waals surface area contributed by atoms with Crippen LogP contribution in [0, 0.1) is 10.8 Å². The maximum atomic E-state index is 10.6. The summed E-state index contributed by atoms with van der Waals surface area (Å²) in [6.07, 6.45) is 5.17. The SMILES string of the molecule is CC(C)(C)CCCOCCCOCCCC(C)(C)CN[P+](=O)O. The maximum Gasteiger partial charge on any atom is 0.610 e. The molecule has 1 atom stereocenters. The highest BCUT2D eigenvalue weighted by molar-refractivity contribution is 7.35. The van der Waals surface area contributed by atoms with Crippen LogP contribution in [-0.4, -0.2) is 37.9 Å². The predicted molar refractivity (Wildman–Crippen MR) is 95.8 cm³/mol. The number of nitrogens with one attached hydrogen (secondary N) is 1. The fraction of sp³-hybridized carbons (Fsp3) is 1.00. The molecular weight excluding hydrogens is 313 g/mol. The van der Waals surface area contributed by atoms with Crippen molar-refractivity contribution in [3.05, 3.63) is 0 Å². The lowest BCUT2D eigenvalue weighted by molar-refractivity contribution is 0.0742. The fourth-order valence-corrected chi connectivity index (χ4v) is 2.76. The Morgan fingerprint density at radius 1 is 0.870 bits per heavy atom. The average molecular weight is 350 g/mol. The summed E-state index contributed by atoms with van der Waals surface area (Å²) in [5.41, 5.74) is 0.399. The van der Waals surface area contributed by atoms with Crippen LogP contribution < -0.4 is 5.09 Å². The second kappa shape index (κ2) is 12.3. The van der Waals surface area contributed by atoms with Crippen molar-refractivity contribution in [2.75, 3.05) is 33.0 Å². The van der Waals surface area contributed by atoms with Gasteiger partial charge in [-0.15, -0.1) is 4.89 Å².